The van der Waals surface area contributed by atoms with Gasteiger partial charge in [-0.25, -0.2) is 15.0 Å². The summed E-state index contributed by atoms with van der Waals surface area (Å²) in [6, 6.07) is 14.7. The van der Waals surface area contributed by atoms with Gasteiger partial charge in [-0.2, -0.15) is 0 Å². The van der Waals surface area contributed by atoms with Crippen molar-refractivity contribution in [3.63, 3.8) is 0 Å². The van der Waals surface area contributed by atoms with Gasteiger partial charge in [-0.05, 0) is 23.6 Å². The second kappa shape index (κ2) is 6.64. The van der Waals surface area contributed by atoms with Crippen LogP contribution in [0.5, 0.6) is 0 Å². The van der Waals surface area contributed by atoms with Crippen LogP contribution in [0, 0.1) is 5.92 Å². The van der Waals surface area contributed by atoms with E-state index in [9.17, 15) is 0 Å². The summed E-state index contributed by atoms with van der Waals surface area (Å²) in [7, 11) is 0. The number of hydrogen-bond donors (Lipinski definition) is 2. The molecule has 0 spiro atoms. The highest BCUT2D eigenvalue weighted by atomic mass is 15.2. The number of nitrogen functional groups attached to an aromatic ring is 1. The number of nitrogens with one attached hydrogen (secondary N) is 1. The molecule has 6 heteroatoms. The van der Waals surface area contributed by atoms with Gasteiger partial charge in [0.2, 0.25) is 0 Å². The molecule has 0 saturated carbocycles. The summed E-state index contributed by atoms with van der Waals surface area (Å²) in [6.45, 7) is 5.32. The molecular formula is C19H22N6. The number of fused-ring (bicyclic) bond motifs is 1. The van der Waals surface area contributed by atoms with Crippen molar-refractivity contribution in [3.8, 4) is 0 Å². The highest BCUT2D eigenvalue weighted by molar-refractivity contribution is 5.87. The minimum atomic E-state index is 0.347. The van der Waals surface area contributed by atoms with E-state index >= 15 is 0 Å². The van der Waals surface area contributed by atoms with Gasteiger partial charge in [-0.3, -0.25) is 4.90 Å². The lowest BCUT2D eigenvalue weighted by molar-refractivity contribution is 0.319. The first-order valence-corrected chi connectivity index (χ1v) is 8.59. The summed E-state index contributed by atoms with van der Waals surface area (Å²) in [4.78, 5) is 15.4. The van der Waals surface area contributed by atoms with Crippen molar-refractivity contribution in [1.29, 1.82) is 0 Å². The number of nitrogens with two attached hydrogens (primary N) is 1. The van der Waals surface area contributed by atoms with Crippen LogP contribution in [0.15, 0.2) is 48.8 Å². The van der Waals surface area contributed by atoms with Crippen LogP contribution < -0.4 is 11.1 Å². The van der Waals surface area contributed by atoms with Crippen molar-refractivity contribution < 1.29 is 0 Å². The molecular weight excluding hydrogens is 312 g/mol. The molecule has 3 N–H and O–H groups in total. The quantitative estimate of drug-likeness (QED) is 0.763. The Morgan fingerprint density at radius 3 is 2.80 bits per heavy atom. The Balaban J connectivity index is 1.50. The summed E-state index contributed by atoms with van der Waals surface area (Å²) in [6.07, 6.45) is 1.54. The SMILES string of the molecule is CC1CN(Cc2ccccc2)CC1Nc1ncnc2nc(N)ccc12. The third kappa shape index (κ3) is 3.39. The highest BCUT2D eigenvalue weighted by Crippen LogP contribution is 2.25. The molecule has 0 radical (unpaired) electrons. The van der Waals surface area contributed by atoms with Crippen LogP contribution in [0.2, 0.25) is 0 Å². The molecule has 2 aromatic heterocycles. The fourth-order valence-corrected chi connectivity index (χ4v) is 3.47. The minimum Gasteiger partial charge on any atom is -0.384 e. The summed E-state index contributed by atoms with van der Waals surface area (Å²) in [5.74, 6) is 1.84. The molecule has 1 aliphatic rings. The van der Waals surface area contributed by atoms with E-state index < -0.39 is 0 Å². The first-order chi connectivity index (χ1) is 12.2. The Morgan fingerprint density at radius 1 is 1.12 bits per heavy atom. The lowest BCUT2D eigenvalue weighted by atomic mass is 10.1. The fourth-order valence-electron chi connectivity index (χ4n) is 3.47. The third-order valence-corrected chi connectivity index (χ3v) is 4.78. The molecule has 1 aromatic carbocycles. The summed E-state index contributed by atoms with van der Waals surface area (Å²) < 4.78 is 0. The molecule has 3 aromatic rings. The number of benzene rings is 1. The zero-order valence-electron chi connectivity index (χ0n) is 14.3. The predicted molar refractivity (Wildman–Crippen MR) is 100 cm³/mol. The van der Waals surface area contributed by atoms with Crippen LogP contribution in [-0.2, 0) is 6.54 Å². The minimum absolute atomic E-state index is 0.347. The number of anilines is 2. The Morgan fingerprint density at radius 2 is 1.96 bits per heavy atom. The monoisotopic (exact) mass is 334 g/mol. The van der Waals surface area contributed by atoms with Crippen LogP contribution in [0.4, 0.5) is 11.6 Å². The van der Waals surface area contributed by atoms with Gasteiger partial charge < -0.3 is 11.1 Å². The molecule has 1 fully saturated rings. The fraction of sp³-hybridized carbons (Fsp3) is 0.316. The average molecular weight is 334 g/mol. The smallest absolute Gasteiger partial charge is 0.166 e. The van der Waals surface area contributed by atoms with Gasteiger partial charge in [0.05, 0.1) is 5.39 Å². The van der Waals surface area contributed by atoms with Crippen LogP contribution in [0.1, 0.15) is 12.5 Å². The molecule has 128 valence electrons. The molecule has 3 heterocycles. The topological polar surface area (TPSA) is 80.0 Å². The van der Waals surface area contributed by atoms with Gasteiger partial charge >= 0.3 is 0 Å². The number of aromatic nitrogens is 3. The number of likely N-dealkylation sites (tertiary alicyclic amines) is 1. The molecule has 0 bridgehead atoms. The molecule has 2 unspecified atom stereocenters. The van der Waals surface area contributed by atoms with Crippen molar-refractivity contribution in [2.24, 2.45) is 5.92 Å². The molecule has 25 heavy (non-hydrogen) atoms. The van der Waals surface area contributed by atoms with Crippen molar-refractivity contribution >= 4 is 22.7 Å². The van der Waals surface area contributed by atoms with E-state index in [0.29, 0.717) is 23.4 Å². The van der Waals surface area contributed by atoms with Gasteiger partial charge in [0.1, 0.15) is 18.0 Å². The van der Waals surface area contributed by atoms with E-state index in [-0.39, 0.29) is 0 Å². The van der Waals surface area contributed by atoms with E-state index in [2.05, 4.69) is 62.4 Å². The van der Waals surface area contributed by atoms with Crippen molar-refractivity contribution in [1.82, 2.24) is 19.9 Å². The Kier molecular flexibility index (Phi) is 4.19. The molecule has 1 saturated heterocycles. The second-order valence-electron chi connectivity index (χ2n) is 6.74. The van der Waals surface area contributed by atoms with Crippen molar-refractivity contribution in [2.45, 2.75) is 19.5 Å². The summed E-state index contributed by atoms with van der Waals surface area (Å²) in [5, 5.41) is 4.50. The molecule has 2 atom stereocenters. The maximum Gasteiger partial charge on any atom is 0.166 e. The summed E-state index contributed by atoms with van der Waals surface area (Å²) in [5.41, 5.74) is 7.73. The largest absolute Gasteiger partial charge is 0.384 e. The first kappa shape index (κ1) is 15.8. The zero-order valence-corrected chi connectivity index (χ0v) is 14.3. The van der Waals surface area contributed by atoms with E-state index in [4.69, 9.17) is 5.73 Å². The molecule has 4 rings (SSSR count). The van der Waals surface area contributed by atoms with Crippen LogP contribution in [0.25, 0.3) is 11.0 Å². The lowest BCUT2D eigenvalue weighted by Gasteiger charge is -2.18. The molecule has 0 aliphatic carbocycles. The number of pyridine rings is 1. The average Bonchev–Trinajstić information content (AvgIpc) is 2.95. The Labute approximate surface area is 147 Å². The maximum atomic E-state index is 5.75. The Bertz CT molecular complexity index is 866. The van der Waals surface area contributed by atoms with Crippen LogP contribution in [0.3, 0.4) is 0 Å². The normalized spacial score (nSPS) is 20.8. The predicted octanol–water partition coefficient (Wildman–Crippen LogP) is 2.54. The first-order valence-electron chi connectivity index (χ1n) is 8.59. The van der Waals surface area contributed by atoms with Crippen molar-refractivity contribution in [2.75, 3.05) is 24.1 Å². The highest BCUT2D eigenvalue weighted by Gasteiger charge is 2.30. The summed E-state index contributed by atoms with van der Waals surface area (Å²) >= 11 is 0. The van der Waals surface area contributed by atoms with E-state index in [1.165, 1.54) is 5.56 Å². The number of nitrogens with zero attached hydrogens (tertiary/aromatic N) is 4. The van der Waals surface area contributed by atoms with Crippen LogP contribution in [-0.4, -0.2) is 39.0 Å². The van der Waals surface area contributed by atoms with Gasteiger partial charge in [0.25, 0.3) is 0 Å². The third-order valence-electron chi connectivity index (χ3n) is 4.78. The standard InChI is InChI=1S/C19H22N6/c1-13-9-25(10-14-5-3-2-4-6-14)11-16(13)23-18-15-7-8-17(20)24-19(15)22-12-21-18/h2-8,12-13,16H,9-11H2,1H3,(H3,20,21,22,23,24). The Hall–Kier alpha value is -2.73. The second-order valence-corrected chi connectivity index (χ2v) is 6.74. The van der Waals surface area contributed by atoms with Gasteiger partial charge in [0, 0.05) is 25.7 Å². The number of hydrogen-bond acceptors (Lipinski definition) is 6. The van der Waals surface area contributed by atoms with E-state index in [0.717, 1.165) is 30.8 Å². The molecule has 0 amide bonds. The van der Waals surface area contributed by atoms with E-state index in [1.54, 1.807) is 12.4 Å². The number of rotatable bonds is 4. The zero-order chi connectivity index (χ0) is 17.2. The van der Waals surface area contributed by atoms with Gasteiger partial charge in [-0.15, -0.1) is 0 Å². The van der Waals surface area contributed by atoms with Crippen LogP contribution >= 0.6 is 0 Å². The lowest BCUT2D eigenvalue weighted by Crippen LogP contribution is -2.28. The van der Waals surface area contributed by atoms with E-state index in [1.807, 2.05) is 6.07 Å². The van der Waals surface area contributed by atoms with Gasteiger partial charge in [0.15, 0.2) is 5.65 Å². The molecule has 6 nitrogen and oxygen atoms in total. The van der Waals surface area contributed by atoms with Crippen molar-refractivity contribution in [3.05, 3.63) is 54.4 Å². The molecule has 1 aliphatic heterocycles. The maximum absolute atomic E-state index is 5.75. The van der Waals surface area contributed by atoms with Gasteiger partial charge in [-0.1, -0.05) is 37.3 Å².